The number of nitrogens with zero attached hydrogens (tertiary/aromatic N) is 4. The molecule has 0 spiro atoms. The van der Waals surface area contributed by atoms with Gasteiger partial charge < -0.3 is 24.7 Å². The lowest BCUT2D eigenvalue weighted by molar-refractivity contribution is -0.117. The van der Waals surface area contributed by atoms with Gasteiger partial charge in [-0.15, -0.1) is 0 Å². The van der Waals surface area contributed by atoms with Gasteiger partial charge in [-0.3, -0.25) is 4.79 Å². The van der Waals surface area contributed by atoms with Gasteiger partial charge in [0.2, 0.25) is 11.7 Å². The molecule has 0 fully saturated rings. The van der Waals surface area contributed by atoms with Gasteiger partial charge in [0.05, 0.1) is 12.7 Å². The Morgan fingerprint density at radius 1 is 1.05 bits per heavy atom. The molecule has 0 saturated carbocycles. The molecule has 0 aromatic heterocycles. The molecule has 10 nitrogen and oxygen atoms in total. The van der Waals surface area contributed by atoms with Crippen molar-refractivity contribution in [2.75, 3.05) is 20.2 Å². The fourth-order valence-electron chi connectivity index (χ4n) is 5.10. The van der Waals surface area contributed by atoms with Crippen molar-refractivity contribution >= 4 is 29.6 Å². The number of halogens is 1. The summed E-state index contributed by atoms with van der Waals surface area (Å²) in [5, 5.41) is 20.2. The molecular formula is C27H39FN4O6. The van der Waals surface area contributed by atoms with Crippen molar-refractivity contribution in [2.45, 2.75) is 73.6 Å². The van der Waals surface area contributed by atoms with E-state index < -0.39 is 34.7 Å². The number of carboxylic acid groups (broad SMARTS) is 2. The van der Waals surface area contributed by atoms with Gasteiger partial charge in [-0.25, -0.2) is 19.0 Å². The van der Waals surface area contributed by atoms with Gasteiger partial charge in [0.25, 0.3) is 5.91 Å². The second-order valence-corrected chi connectivity index (χ2v) is 11.0. The average molecular weight is 535 g/mol. The number of imide groups is 1. The summed E-state index contributed by atoms with van der Waals surface area (Å²) in [5.74, 6) is -3.06. The number of allylic oxidation sites excluding steroid dienone is 1. The second-order valence-electron chi connectivity index (χ2n) is 11.0. The molecule has 0 bridgehead atoms. The van der Waals surface area contributed by atoms with Crippen molar-refractivity contribution in [1.29, 1.82) is 0 Å². The molecule has 1 unspecified atom stereocenters. The molecule has 11 heteroatoms. The Balaban J connectivity index is 3.12. The number of aliphatic imine (C=N–C) groups is 1. The predicted octanol–water partition coefficient (Wildman–Crippen LogP) is 5.56. The van der Waals surface area contributed by atoms with Crippen LogP contribution in [0.15, 0.2) is 28.9 Å². The molecule has 38 heavy (non-hydrogen) atoms. The Kier molecular flexibility index (Phi) is 8.55. The first kappa shape index (κ1) is 30.6. The highest BCUT2D eigenvalue weighted by atomic mass is 19.1. The Morgan fingerprint density at radius 2 is 1.58 bits per heavy atom. The minimum atomic E-state index is -2.02. The molecule has 1 aliphatic rings. The molecule has 3 amide bonds. The normalized spacial score (nSPS) is 18.2. The fraction of sp³-hybridized carbons (Fsp3) is 0.556. The van der Waals surface area contributed by atoms with Crippen LogP contribution >= 0.6 is 0 Å². The third-order valence-electron chi connectivity index (χ3n) is 6.58. The largest absolute Gasteiger partial charge is 0.481 e. The van der Waals surface area contributed by atoms with Crippen LogP contribution in [0.3, 0.4) is 0 Å². The fourth-order valence-corrected chi connectivity index (χ4v) is 5.10. The number of carbonyl (C=O) groups is 3. The Bertz CT molecular complexity index is 1160. The lowest BCUT2D eigenvalue weighted by atomic mass is 9.79. The van der Waals surface area contributed by atoms with E-state index in [1.54, 1.807) is 58.3 Å². The smallest absolute Gasteiger partial charge is 0.420 e. The van der Waals surface area contributed by atoms with Gasteiger partial charge in [-0.05, 0) is 59.7 Å². The zero-order valence-electron chi connectivity index (χ0n) is 23.8. The van der Waals surface area contributed by atoms with Crippen molar-refractivity contribution in [2.24, 2.45) is 10.4 Å². The van der Waals surface area contributed by atoms with Crippen molar-refractivity contribution in [1.82, 2.24) is 14.7 Å². The van der Waals surface area contributed by atoms with Crippen molar-refractivity contribution < 1.29 is 33.7 Å². The molecule has 1 aromatic rings. The SMILES string of the molecule is CCN(CC)C(=O)c1ccc(F)cc1C1=C(C)N(C(C)(C)C)C(N(C(=O)O)C(=O)O)(C(C)(C)C)N=C1OC. The summed E-state index contributed by atoms with van der Waals surface area (Å²) in [6.45, 7) is 16.6. The monoisotopic (exact) mass is 534 g/mol. The highest BCUT2D eigenvalue weighted by Gasteiger charge is 2.62. The minimum Gasteiger partial charge on any atom is -0.481 e. The lowest BCUT2D eigenvalue weighted by Gasteiger charge is -2.59. The maximum absolute atomic E-state index is 14.7. The highest BCUT2D eigenvalue weighted by Crippen LogP contribution is 2.50. The number of rotatable bonds is 5. The predicted molar refractivity (Wildman–Crippen MR) is 142 cm³/mol. The molecule has 1 atom stereocenters. The lowest BCUT2D eigenvalue weighted by Crippen LogP contribution is -2.73. The third kappa shape index (κ3) is 5.06. The van der Waals surface area contributed by atoms with Crippen molar-refractivity contribution in [3.63, 3.8) is 0 Å². The summed E-state index contributed by atoms with van der Waals surface area (Å²) in [6, 6.07) is 3.80. The number of hydrogen-bond acceptors (Lipinski definition) is 6. The Labute approximate surface area is 223 Å². The minimum absolute atomic E-state index is 0.121. The Morgan fingerprint density at radius 3 is 1.97 bits per heavy atom. The number of carbonyl (C=O) groups excluding carboxylic acids is 1. The molecule has 0 saturated heterocycles. The van der Waals surface area contributed by atoms with E-state index in [0.717, 1.165) is 0 Å². The number of ether oxygens (including phenoxy) is 1. The number of amides is 3. The number of benzene rings is 1. The maximum Gasteiger partial charge on any atom is 0.420 e. The van der Waals surface area contributed by atoms with Crippen LogP contribution in [0.2, 0.25) is 0 Å². The molecule has 2 rings (SSSR count). The first-order chi connectivity index (χ1) is 17.4. The number of methoxy groups -OCH3 is 1. The Hall–Kier alpha value is -3.63. The van der Waals surface area contributed by atoms with Crippen LogP contribution in [-0.4, -0.2) is 80.4 Å². The van der Waals surface area contributed by atoms with Crippen LogP contribution in [0.4, 0.5) is 14.0 Å². The van der Waals surface area contributed by atoms with Crippen LogP contribution in [0.1, 0.15) is 78.2 Å². The van der Waals surface area contributed by atoms with Crippen LogP contribution < -0.4 is 0 Å². The first-order valence-corrected chi connectivity index (χ1v) is 12.4. The third-order valence-corrected chi connectivity index (χ3v) is 6.58. The summed E-state index contributed by atoms with van der Waals surface area (Å²) in [5.41, 5.74) is -0.979. The van der Waals surface area contributed by atoms with Crippen molar-refractivity contribution in [3.8, 4) is 0 Å². The van der Waals surface area contributed by atoms with Gasteiger partial charge in [-0.1, -0.05) is 20.8 Å². The van der Waals surface area contributed by atoms with Crippen LogP contribution in [-0.2, 0) is 4.74 Å². The zero-order chi connectivity index (χ0) is 29.4. The topological polar surface area (TPSA) is 123 Å². The van der Waals surface area contributed by atoms with E-state index in [1.807, 2.05) is 13.8 Å². The first-order valence-electron chi connectivity index (χ1n) is 12.4. The molecule has 0 aliphatic carbocycles. The van der Waals surface area contributed by atoms with E-state index >= 15 is 0 Å². The zero-order valence-corrected chi connectivity index (χ0v) is 23.8. The molecular weight excluding hydrogens is 495 g/mol. The maximum atomic E-state index is 14.7. The van der Waals surface area contributed by atoms with E-state index in [9.17, 15) is 29.0 Å². The van der Waals surface area contributed by atoms with Crippen LogP contribution in [0.5, 0.6) is 0 Å². The van der Waals surface area contributed by atoms with E-state index in [2.05, 4.69) is 0 Å². The van der Waals surface area contributed by atoms with Crippen LogP contribution in [0, 0.1) is 11.2 Å². The average Bonchev–Trinajstić information content (AvgIpc) is 2.77. The summed E-state index contributed by atoms with van der Waals surface area (Å²) in [7, 11) is 1.31. The van der Waals surface area contributed by atoms with E-state index in [0.29, 0.717) is 18.8 Å². The molecule has 1 aliphatic heterocycles. The van der Waals surface area contributed by atoms with Gasteiger partial charge in [0.15, 0.2) is 0 Å². The molecule has 2 N–H and O–H groups in total. The van der Waals surface area contributed by atoms with Gasteiger partial charge in [0.1, 0.15) is 5.82 Å². The molecule has 210 valence electrons. The number of hydrogen-bond donors (Lipinski definition) is 2. The quantitative estimate of drug-likeness (QED) is 0.507. The van der Waals surface area contributed by atoms with E-state index in [-0.39, 0.29) is 33.4 Å². The summed E-state index contributed by atoms with van der Waals surface area (Å²) in [4.78, 5) is 46.5. The molecule has 1 heterocycles. The van der Waals surface area contributed by atoms with Crippen molar-refractivity contribution in [3.05, 3.63) is 40.8 Å². The molecule has 0 radical (unpaired) electrons. The second kappa shape index (κ2) is 10.6. The van der Waals surface area contributed by atoms with E-state index in [1.165, 1.54) is 25.3 Å². The van der Waals surface area contributed by atoms with Gasteiger partial charge in [0, 0.05) is 40.9 Å². The molecule has 1 aromatic carbocycles. The summed E-state index contributed by atoms with van der Waals surface area (Å²) >= 11 is 0. The van der Waals surface area contributed by atoms with E-state index in [4.69, 9.17) is 9.73 Å². The summed E-state index contributed by atoms with van der Waals surface area (Å²) in [6.07, 6.45) is -3.44. The van der Waals surface area contributed by atoms with Gasteiger partial charge >= 0.3 is 12.2 Å². The van der Waals surface area contributed by atoms with Gasteiger partial charge in [-0.2, -0.15) is 4.90 Å². The standard InChI is InChI=1S/C27H39FN4O6/c1-11-30(12-2)22(33)18-14-13-17(28)15-19(18)20-16(3)32(26(7,8)9)27(25(4,5)6,29-21(20)38-10)31(23(34)35)24(36)37/h13-15H,11-12H2,1-10H3,(H,34,35)(H,36,37). The highest BCUT2D eigenvalue weighted by molar-refractivity contribution is 6.23. The summed E-state index contributed by atoms with van der Waals surface area (Å²) < 4.78 is 20.3. The van der Waals surface area contributed by atoms with Crippen LogP contribution in [0.25, 0.3) is 5.57 Å².